The van der Waals surface area contributed by atoms with Gasteiger partial charge in [0.15, 0.2) is 0 Å². The largest absolute Gasteiger partial charge is 0.347 e. The summed E-state index contributed by atoms with van der Waals surface area (Å²) in [7, 11) is 0. The van der Waals surface area contributed by atoms with E-state index in [1.54, 1.807) is 23.1 Å². The van der Waals surface area contributed by atoms with Gasteiger partial charge in [-0.25, -0.2) is 0 Å². The van der Waals surface area contributed by atoms with E-state index in [1.165, 1.54) is 0 Å². The molecule has 1 aliphatic rings. The molecule has 0 aliphatic carbocycles. The van der Waals surface area contributed by atoms with Gasteiger partial charge in [-0.2, -0.15) is 0 Å². The minimum Gasteiger partial charge on any atom is -0.347 e. The maximum Gasteiger partial charge on any atom is 0.242 e. The lowest BCUT2D eigenvalue weighted by Crippen LogP contribution is -2.49. The summed E-state index contributed by atoms with van der Waals surface area (Å²) in [5.74, 6) is -0.268. The molecule has 1 heterocycles. The van der Waals surface area contributed by atoms with Crippen molar-refractivity contribution < 1.29 is 9.59 Å². The SMILES string of the molecule is O=C(Cc1ccc(Cl)c(Cl)c1)NCC(=O)N1CCNCC1. The van der Waals surface area contributed by atoms with Crippen molar-refractivity contribution in [1.29, 1.82) is 0 Å². The number of carbonyl (C=O) groups excluding carboxylic acids is 2. The Labute approximate surface area is 133 Å². The number of hydrogen-bond acceptors (Lipinski definition) is 3. The van der Waals surface area contributed by atoms with Gasteiger partial charge in [-0.1, -0.05) is 29.3 Å². The Balaban J connectivity index is 1.78. The number of hydrogen-bond donors (Lipinski definition) is 2. The standard InChI is InChI=1S/C14H17Cl2N3O2/c15-11-2-1-10(7-12(11)16)8-13(20)18-9-14(21)19-5-3-17-4-6-19/h1-2,7,17H,3-6,8-9H2,(H,18,20). The van der Waals surface area contributed by atoms with E-state index in [0.717, 1.165) is 18.7 Å². The van der Waals surface area contributed by atoms with Gasteiger partial charge < -0.3 is 15.5 Å². The van der Waals surface area contributed by atoms with Crippen molar-refractivity contribution in [3.05, 3.63) is 33.8 Å². The summed E-state index contributed by atoms with van der Waals surface area (Å²) in [6.45, 7) is 2.98. The van der Waals surface area contributed by atoms with Crippen LogP contribution in [0, 0.1) is 0 Å². The molecule has 1 fully saturated rings. The maximum absolute atomic E-state index is 11.9. The molecule has 2 amide bonds. The molecule has 21 heavy (non-hydrogen) atoms. The second-order valence-electron chi connectivity index (χ2n) is 4.83. The summed E-state index contributed by atoms with van der Waals surface area (Å²) < 4.78 is 0. The predicted molar refractivity (Wildman–Crippen MR) is 82.6 cm³/mol. The molecule has 0 atom stereocenters. The van der Waals surface area contributed by atoms with E-state index < -0.39 is 0 Å². The molecular weight excluding hydrogens is 313 g/mol. The minimum atomic E-state index is -0.211. The van der Waals surface area contributed by atoms with Gasteiger partial charge in [0.05, 0.1) is 23.0 Å². The molecule has 0 aromatic heterocycles. The Kier molecular flexibility index (Phi) is 5.85. The number of carbonyl (C=O) groups is 2. The van der Waals surface area contributed by atoms with Crippen LogP contribution in [0.4, 0.5) is 0 Å². The van der Waals surface area contributed by atoms with Gasteiger partial charge in [0.1, 0.15) is 0 Å². The van der Waals surface area contributed by atoms with E-state index in [4.69, 9.17) is 23.2 Å². The maximum atomic E-state index is 11.9. The summed E-state index contributed by atoms with van der Waals surface area (Å²) in [5, 5.41) is 6.68. The molecule has 5 nitrogen and oxygen atoms in total. The molecule has 1 aromatic rings. The molecule has 2 rings (SSSR count). The smallest absolute Gasteiger partial charge is 0.242 e. The van der Waals surface area contributed by atoms with Crippen LogP contribution in [0.25, 0.3) is 0 Å². The Morgan fingerprint density at radius 3 is 2.57 bits per heavy atom. The Hall–Kier alpha value is -1.30. The molecule has 1 aliphatic heterocycles. The Morgan fingerprint density at radius 1 is 1.19 bits per heavy atom. The molecule has 1 saturated heterocycles. The first-order valence-corrected chi connectivity index (χ1v) is 7.51. The van der Waals surface area contributed by atoms with Gasteiger partial charge in [0.25, 0.3) is 0 Å². The van der Waals surface area contributed by atoms with Crippen molar-refractivity contribution in [3.8, 4) is 0 Å². The highest BCUT2D eigenvalue weighted by Gasteiger charge is 2.16. The predicted octanol–water partition coefficient (Wildman–Crippen LogP) is 1.08. The van der Waals surface area contributed by atoms with Crippen LogP contribution in [0.15, 0.2) is 18.2 Å². The first-order chi connectivity index (χ1) is 10.1. The van der Waals surface area contributed by atoms with Crippen LogP contribution in [-0.4, -0.2) is 49.4 Å². The highest BCUT2D eigenvalue weighted by atomic mass is 35.5. The van der Waals surface area contributed by atoms with E-state index in [2.05, 4.69) is 10.6 Å². The highest BCUT2D eigenvalue weighted by molar-refractivity contribution is 6.42. The normalized spacial score (nSPS) is 14.9. The molecule has 1 aromatic carbocycles. The Morgan fingerprint density at radius 2 is 1.90 bits per heavy atom. The fourth-order valence-electron chi connectivity index (χ4n) is 2.10. The quantitative estimate of drug-likeness (QED) is 0.869. The minimum absolute atomic E-state index is 0.0279. The topological polar surface area (TPSA) is 61.4 Å². The lowest BCUT2D eigenvalue weighted by molar-refractivity contribution is -0.133. The van der Waals surface area contributed by atoms with Crippen molar-refractivity contribution in [2.24, 2.45) is 0 Å². The van der Waals surface area contributed by atoms with Crippen LogP contribution in [0.3, 0.4) is 0 Å². The number of piperazine rings is 1. The van der Waals surface area contributed by atoms with Crippen molar-refractivity contribution >= 4 is 35.0 Å². The van der Waals surface area contributed by atoms with E-state index >= 15 is 0 Å². The lowest BCUT2D eigenvalue weighted by atomic mass is 10.1. The number of amides is 2. The van der Waals surface area contributed by atoms with Gasteiger partial charge in [-0.05, 0) is 17.7 Å². The van der Waals surface area contributed by atoms with E-state index in [1.807, 2.05) is 0 Å². The third-order valence-electron chi connectivity index (χ3n) is 3.26. The van der Waals surface area contributed by atoms with Gasteiger partial charge in [0.2, 0.25) is 11.8 Å². The fraction of sp³-hybridized carbons (Fsp3) is 0.429. The van der Waals surface area contributed by atoms with Gasteiger partial charge >= 0.3 is 0 Å². The zero-order valence-electron chi connectivity index (χ0n) is 11.5. The van der Waals surface area contributed by atoms with Crippen LogP contribution in [0.1, 0.15) is 5.56 Å². The molecule has 114 valence electrons. The Bertz CT molecular complexity index is 531. The average molecular weight is 330 g/mol. The molecular formula is C14H17Cl2N3O2. The highest BCUT2D eigenvalue weighted by Crippen LogP contribution is 2.22. The number of nitrogens with one attached hydrogen (secondary N) is 2. The van der Waals surface area contributed by atoms with E-state index in [-0.39, 0.29) is 24.8 Å². The monoisotopic (exact) mass is 329 g/mol. The molecule has 0 unspecified atom stereocenters. The zero-order valence-corrected chi connectivity index (χ0v) is 13.0. The number of rotatable bonds is 4. The summed E-state index contributed by atoms with van der Waals surface area (Å²) in [4.78, 5) is 25.5. The third-order valence-corrected chi connectivity index (χ3v) is 3.99. The van der Waals surface area contributed by atoms with Crippen LogP contribution in [0.2, 0.25) is 10.0 Å². The second kappa shape index (κ2) is 7.64. The first-order valence-electron chi connectivity index (χ1n) is 6.75. The fourth-order valence-corrected chi connectivity index (χ4v) is 2.42. The van der Waals surface area contributed by atoms with Crippen molar-refractivity contribution in [1.82, 2.24) is 15.5 Å². The molecule has 7 heteroatoms. The summed E-state index contributed by atoms with van der Waals surface area (Å²) in [6, 6.07) is 5.05. The summed E-state index contributed by atoms with van der Waals surface area (Å²) in [6.07, 6.45) is 0.172. The average Bonchev–Trinajstić information content (AvgIpc) is 2.49. The van der Waals surface area contributed by atoms with Crippen molar-refractivity contribution in [3.63, 3.8) is 0 Å². The van der Waals surface area contributed by atoms with Crippen molar-refractivity contribution in [2.45, 2.75) is 6.42 Å². The number of benzene rings is 1. The van der Waals surface area contributed by atoms with Crippen LogP contribution in [0.5, 0.6) is 0 Å². The third kappa shape index (κ3) is 4.88. The lowest BCUT2D eigenvalue weighted by Gasteiger charge is -2.27. The summed E-state index contributed by atoms with van der Waals surface area (Å²) >= 11 is 11.7. The second-order valence-corrected chi connectivity index (χ2v) is 5.65. The molecule has 0 saturated carbocycles. The summed E-state index contributed by atoms with van der Waals surface area (Å²) in [5.41, 5.74) is 0.761. The molecule has 2 N–H and O–H groups in total. The van der Waals surface area contributed by atoms with Crippen LogP contribution >= 0.6 is 23.2 Å². The van der Waals surface area contributed by atoms with E-state index in [0.29, 0.717) is 23.1 Å². The zero-order chi connectivity index (χ0) is 15.2. The van der Waals surface area contributed by atoms with E-state index in [9.17, 15) is 9.59 Å². The van der Waals surface area contributed by atoms with Crippen LogP contribution in [-0.2, 0) is 16.0 Å². The van der Waals surface area contributed by atoms with Gasteiger partial charge in [-0.3, -0.25) is 9.59 Å². The first kappa shape index (κ1) is 16.1. The van der Waals surface area contributed by atoms with Crippen molar-refractivity contribution in [2.75, 3.05) is 32.7 Å². The molecule has 0 spiro atoms. The van der Waals surface area contributed by atoms with Gasteiger partial charge in [-0.15, -0.1) is 0 Å². The van der Waals surface area contributed by atoms with Gasteiger partial charge in [0, 0.05) is 26.2 Å². The van der Waals surface area contributed by atoms with Crippen LogP contribution < -0.4 is 10.6 Å². The molecule has 0 bridgehead atoms. The number of halogens is 2. The molecule has 0 radical (unpaired) electrons. The number of nitrogens with zero attached hydrogens (tertiary/aromatic N) is 1.